The van der Waals surface area contributed by atoms with Crippen molar-refractivity contribution in [3.8, 4) is 0 Å². The van der Waals surface area contributed by atoms with Gasteiger partial charge in [-0.3, -0.25) is 0 Å². The first-order valence-corrected chi connectivity index (χ1v) is 4.55. The highest BCUT2D eigenvalue weighted by Crippen LogP contribution is 2.21. The lowest BCUT2D eigenvalue weighted by Gasteiger charge is -2.02. The van der Waals surface area contributed by atoms with Gasteiger partial charge in [-0.15, -0.1) is 11.3 Å². The third-order valence-corrected chi connectivity index (χ3v) is 2.44. The third kappa shape index (κ3) is 2.48. The molecule has 0 spiro atoms. The van der Waals surface area contributed by atoms with Crippen LogP contribution >= 0.6 is 11.3 Å². The van der Waals surface area contributed by atoms with Crippen LogP contribution in [0.5, 0.6) is 0 Å². The van der Waals surface area contributed by atoms with E-state index in [9.17, 15) is 5.11 Å². The highest BCUT2D eigenvalue weighted by atomic mass is 32.1. The van der Waals surface area contributed by atoms with E-state index >= 15 is 0 Å². The van der Waals surface area contributed by atoms with Crippen molar-refractivity contribution in [2.75, 3.05) is 0 Å². The Kier molecular flexibility index (Phi) is 3.33. The number of aliphatic hydroxyl groups is 1. The van der Waals surface area contributed by atoms with Crippen molar-refractivity contribution >= 4 is 11.3 Å². The van der Waals surface area contributed by atoms with Crippen LogP contribution in [0.2, 0.25) is 0 Å². The van der Waals surface area contributed by atoms with E-state index in [0.717, 1.165) is 11.3 Å². The summed E-state index contributed by atoms with van der Waals surface area (Å²) in [6.45, 7) is 1.96. The van der Waals surface area contributed by atoms with Crippen LogP contribution in [0.4, 0.5) is 0 Å². The van der Waals surface area contributed by atoms with E-state index in [-0.39, 0.29) is 6.10 Å². The Morgan fingerprint density at radius 1 is 1.73 bits per heavy atom. The van der Waals surface area contributed by atoms with Gasteiger partial charge >= 0.3 is 0 Å². The maximum absolute atomic E-state index is 9.50. The Morgan fingerprint density at radius 3 is 3.09 bits per heavy atom. The molecule has 1 atom stereocenters. The zero-order valence-electron chi connectivity index (χ0n) is 6.53. The molecule has 0 radical (unpaired) electrons. The van der Waals surface area contributed by atoms with Crippen molar-refractivity contribution in [1.29, 1.82) is 0 Å². The molecular weight excluding hydrogens is 156 g/mol. The van der Waals surface area contributed by atoms with Crippen LogP contribution in [0.25, 0.3) is 0 Å². The summed E-state index contributed by atoms with van der Waals surface area (Å²) in [7, 11) is 0. The molecule has 1 aromatic heterocycles. The van der Waals surface area contributed by atoms with Gasteiger partial charge in [-0.1, -0.05) is 18.2 Å². The zero-order valence-corrected chi connectivity index (χ0v) is 7.34. The van der Waals surface area contributed by atoms with Crippen LogP contribution in [0.3, 0.4) is 0 Å². The molecule has 1 aromatic rings. The number of rotatable bonds is 3. The van der Waals surface area contributed by atoms with Crippen LogP contribution in [-0.2, 0) is 0 Å². The van der Waals surface area contributed by atoms with Gasteiger partial charge in [0.2, 0.25) is 0 Å². The second-order valence-electron chi connectivity index (χ2n) is 2.34. The van der Waals surface area contributed by atoms with Gasteiger partial charge in [-0.2, -0.15) is 0 Å². The third-order valence-electron chi connectivity index (χ3n) is 1.47. The molecule has 0 fully saturated rings. The summed E-state index contributed by atoms with van der Waals surface area (Å²) in [4.78, 5) is 1.04. The molecule has 1 heterocycles. The minimum absolute atomic E-state index is 0.314. The number of allylic oxidation sites excluding steroid dienone is 1. The average Bonchev–Trinajstić information content (AvgIpc) is 2.52. The summed E-state index contributed by atoms with van der Waals surface area (Å²) in [5, 5.41) is 11.5. The van der Waals surface area contributed by atoms with Gasteiger partial charge in [-0.05, 0) is 24.8 Å². The summed E-state index contributed by atoms with van der Waals surface area (Å²) in [6.07, 6.45) is 4.34. The molecular formula is C9H12OS. The number of hydrogen-bond acceptors (Lipinski definition) is 2. The molecule has 0 aliphatic carbocycles. The fraction of sp³-hybridized carbons (Fsp3) is 0.333. The Labute approximate surface area is 71.0 Å². The summed E-state index contributed by atoms with van der Waals surface area (Å²) < 4.78 is 0. The van der Waals surface area contributed by atoms with Crippen LogP contribution in [0.1, 0.15) is 24.3 Å². The van der Waals surface area contributed by atoms with E-state index in [2.05, 4.69) is 0 Å². The molecule has 0 saturated heterocycles. The lowest BCUT2D eigenvalue weighted by Crippen LogP contribution is -1.90. The molecule has 1 nitrogen and oxygen atoms in total. The van der Waals surface area contributed by atoms with Crippen molar-refractivity contribution < 1.29 is 5.11 Å². The van der Waals surface area contributed by atoms with Crippen molar-refractivity contribution in [2.45, 2.75) is 19.4 Å². The molecule has 0 aliphatic heterocycles. The molecule has 0 aromatic carbocycles. The number of hydrogen-bond donors (Lipinski definition) is 1. The lowest BCUT2D eigenvalue weighted by molar-refractivity contribution is 0.185. The quantitative estimate of drug-likeness (QED) is 0.688. The molecule has 1 N–H and O–H groups in total. The topological polar surface area (TPSA) is 20.2 Å². The fourth-order valence-corrected chi connectivity index (χ4v) is 1.59. The van der Waals surface area contributed by atoms with Crippen molar-refractivity contribution in [3.05, 3.63) is 34.5 Å². The monoisotopic (exact) mass is 168 g/mol. The maximum Gasteiger partial charge on any atom is 0.0916 e. The highest BCUT2D eigenvalue weighted by molar-refractivity contribution is 7.10. The molecule has 11 heavy (non-hydrogen) atoms. The summed E-state index contributed by atoms with van der Waals surface area (Å²) >= 11 is 1.60. The molecule has 0 aliphatic rings. The van der Waals surface area contributed by atoms with Gasteiger partial charge in [-0.25, -0.2) is 0 Å². The summed E-state index contributed by atoms with van der Waals surface area (Å²) in [6, 6.07) is 3.91. The van der Waals surface area contributed by atoms with E-state index in [0.29, 0.717) is 0 Å². The first-order chi connectivity index (χ1) is 5.34. The second-order valence-corrected chi connectivity index (χ2v) is 3.32. The van der Waals surface area contributed by atoms with Crippen LogP contribution in [0, 0.1) is 0 Å². The SMILES string of the molecule is C/C=C/CC(O)c1cccs1. The van der Waals surface area contributed by atoms with Gasteiger partial charge in [0.1, 0.15) is 0 Å². The smallest absolute Gasteiger partial charge is 0.0916 e. The Morgan fingerprint density at radius 2 is 2.55 bits per heavy atom. The predicted molar refractivity (Wildman–Crippen MR) is 48.7 cm³/mol. The maximum atomic E-state index is 9.50. The second kappa shape index (κ2) is 4.31. The standard InChI is InChI=1S/C9H12OS/c1-2-3-5-8(10)9-6-4-7-11-9/h2-4,6-8,10H,5H2,1H3/b3-2+. The molecule has 0 bridgehead atoms. The minimum atomic E-state index is -0.314. The number of aliphatic hydroxyl groups excluding tert-OH is 1. The Hall–Kier alpha value is -0.600. The number of thiophene rings is 1. The van der Waals surface area contributed by atoms with Gasteiger partial charge in [0.15, 0.2) is 0 Å². The van der Waals surface area contributed by atoms with Crippen molar-refractivity contribution in [2.24, 2.45) is 0 Å². The van der Waals surface area contributed by atoms with E-state index in [1.807, 2.05) is 36.6 Å². The molecule has 60 valence electrons. The molecule has 0 saturated carbocycles. The minimum Gasteiger partial charge on any atom is -0.387 e. The lowest BCUT2D eigenvalue weighted by atomic mass is 10.2. The first-order valence-electron chi connectivity index (χ1n) is 3.67. The summed E-state index contributed by atoms with van der Waals surface area (Å²) in [5.41, 5.74) is 0. The molecule has 1 rings (SSSR count). The Balaban J connectivity index is 2.49. The normalized spacial score (nSPS) is 14.0. The first kappa shape index (κ1) is 8.50. The van der Waals surface area contributed by atoms with Gasteiger partial charge in [0.25, 0.3) is 0 Å². The molecule has 0 amide bonds. The Bertz CT molecular complexity index is 213. The van der Waals surface area contributed by atoms with E-state index in [1.165, 1.54) is 0 Å². The zero-order chi connectivity index (χ0) is 8.10. The van der Waals surface area contributed by atoms with E-state index in [1.54, 1.807) is 11.3 Å². The average molecular weight is 168 g/mol. The van der Waals surface area contributed by atoms with Crippen LogP contribution < -0.4 is 0 Å². The summed E-state index contributed by atoms with van der Waals surface area (Å²) in [5.74, 6) is 0. The predicted octanol–water partition coefficient (Wildman–Crippen LogP) is 2.75. The van der Waals surface area contributed by atoms with Crippen LogP contribution in [-0.4, -0.2) is 5.11 Å². The van der Waals surface area contributed by atoms with Crippen molar-refractivity contribution in [3.63, 3.8) is 0 Å². The molecule has 2 heteroatoms. The molecule has 1 unspecified atom stereocenters. The van der Waals surface area contributed by atoms with E-state index < -0.39 is 0 Å². The highest BCUT2D eigenvalue weighted by Gasteiger charge is 2.04. The van der Waals surface area contributed by atoms with Crippen molar-refractivity contribution in [1.82, 2.24) is 0 Å². The van der Waals surface area contributed by atoms with E-state index in [4.69, 9.17) is 0 Å². The fourth-order valence-electron chi connectivity index (χ4n) is 0.862. The largest absolute Gasteiger partial charge is 0.387 e. The van der Waals surface area contributed by atoms with Gasteiger partial charge in [0, 0.05) is 4.88 Å². The van der Waals surface area contributed by atoms with Gasteiger partial charge < -0.3 is 5.11 Å². The van der Waals surface area contributed by atoms with Gasteiger partial charge in [0.05, 0.1) is 6.10 Å². The van der Waals surface area contributed by atoms with Crippen LogP contribution in [0.15, 0.2) is 29.7 Å².